The van der Waals surface area contributed by atoms with E-state index >= 15 is 0 Å². The molecule has 94 valence electrons. The highest BCUT2D eigenvalue weighted by atomic mass is 16.6. The Bertz CT molecular complexity index is 233. The second kappa shape index (κ2) is 5.53. The van der Waals surface area contributed by atoms with Gasteiger partial charge in [0, 0.05) is 31.7 Å². The third-order valence-corrected chi connectivity index (χ3v) is 3.53. The van der Waals surface area contributed by atoms with Crippen LogP contribution in [0.25, 0.3) is 0 Å². The van der Waals surface area contributed by atoms with Crippen molar-refractivity contribution in [3.63, 3.8) is 0 Å². The zero-order chi connectivity index (χ0) is 12.2. The van der Waals surface area contributed by atoms with E-state index in [1.807, 2.05) is 6.92 Å². The van der Waals surface area contributed by atoms with E-state index in [0.29, 0.717) is 6.61 Å². The molecule has 1 aliphatic heterocycles. The summed E-state index contributed by atoms with van der Waals surface area (Å²) in [5.74, 6) is 0. The van der Waals surface area contributed by atoms with Gasteiger partial charge in [-0.25, -0.2) is 4.79 Å². The molecule has 1 amide bonds. The fourth-order valence-electron chi connectivity index (χ4n) is 1.93. The molecule has 0 unspecified atom stereocenters. The lowest BCUT2D eigenvalue weighted by molar-refractivity contribution is 0.0395. The van der Waals surface area contributed by atoms with Gasteiger partial charge in [0.1, 0.15) is 0 Å². The van der Waals surface area contributed by atoms with Gasteiger partial charge in [0.05, 0.1) is 6.61 Å². The van der Waals surface area contributed by atoms with Crippen LogP contribution in [0.5, 0.6) is 0 Å². The molecule has 1 aliphatic rings. The molecule has 1 fully saturated rings. The van der Waals surface area contributed by atoms with E-state index in [4.69, 9.17) is 4.74 Å². The number of piperazine rings is 1. The number of amides is 1. The maximum atomic E-state index is 11.5. The minimum absolute atomic E-state index is 0.170. The molecular weight excluding hydrogens is 204 g/mol. The summed E-state index contributed by atoms with van der Waals surface area (Å²) in [7, 11) is 0. The SMILES string of the molecule is CCOC(=O)N1CCN(C(C)(C)CC)CC1. The van der Waals surface area contributed by atoms with Gasteiger partial charge in [0.2, 0.25) is 0 Å². The fourth-order valence-corrected chi connectivity index (χ4v) is 1.93. The van der Waals surface area contributed by atoms with Gasteiger partial charge in [-0.05, 0) is 27.2 Å². The van der Waals surface area contributed by atoms with Gasteiger partial charge in [-0.1, -0.05) is 6.92 Å². The number of ether oxygens (including phenoxy) is 1. The Morgan fingerprint density at radius 3 is 2.19 bits per heavy atom. The summed E-state index contributed by atoms with van der Waals surface area (Å²) < 4.78 is 5.00. The average molecular weight is 228 g/mol. The largest absolute Gasteiger partial charge is 0.450 e. The van der Waals surface area contributed by atoms with Crippen molar-refractivity contribution in [2.45, 2.75) is 39.7 Å². The molecule has 16 heavy (non-hydrogen) atoms. The third-order valence-electron chi connectivity index (χ3n) is 3.53. The van der Waals surface area contributed by atoms with Crippen LogP contribution in [0.2, 0.25) is 0 Å². The Balaban J connectivity index is 2.42. The van der Waals surface area contributed by atoms with Gasteiger partial charge < -0.3 is 9.64 Å². The van der Waals surface area contributed by atoms with Crippen molar-refractivity contribution in [1.29, 1.82) is 0 Å². The zero-order valence-corrected chi connectivity index (χ0v) is 11.0. The first-order chi connectivity index (χ1) is 7.51. The summed E-state index contributed by atoms with van der Waals surface area (Å²) in [5.41, 5.74) is 0.237. The van der Waals surface area contributed by atoms with Crippen molar-refractivity contribution < 1.29 is 9.53 Å². The second-order valence-corrected chi connectivity index (χ2v) is 4.84. The minimum Gasteiger partial charge on any atom is -0.450 e. The van der Waals surface area contributed by atoms with Crippen LogP contribution in [-0.4, -0.2) is 54.2 Å². The van der Waals surface area contributed by atoms with Gasteiger partial charge in [0.15, 0.2) is 0 Å². The lowest BCUT2D eigenvalue weighted by Crippen LogP contribution is -2.55. The van der Waals surface area contributed by atoms with E-state index in [1.165, 1.54) is 0 Å². The summed E-state index contributed by atoms with van der Waals surface area (Å²) in [6, 6.07) is 0. The summed E-state index contributed by atoms with van der Waals surface area (Å²) in [4.78, 5) is 15.8. The number of nitrogens with zero attached hydrogens (tertiary/aromatic N) is 2. The Morgan fingerprint density at radius 1 is 1.19 bits per heavy atom. The molecule has 0 aromatic carbocycles. The van der Waals surface area contributed by atoms with E-state index in [9.17, 15) is 4.79 Å². The van der Waals surface area contributed by atoms with E-state index in [-0.39, 0.29) is 11.6 Å². The van der Waals surface area contributed by atoms with E-state index in [1.54, 1.807) is 4.90 Å². The Morgan fingerprint density at radius 2 is 1.75 bits per heavy atom. The number of hydrogen-bond acceptors (Lipinski definition) is 3. The smallest absolute Gasteiger partial charge is 0.409 e. The van der Waals surface area contributed by atoms with Gasteiger partial charge >= 0.3 is 6.09 Å². The first-order valence-electron chi connectivity index (χ1n) is 6.18. The summed E-state index contributed by atoms with van der Waals surface area (Å²) in [6.45, 7) is 12.5. The molecular formula is C12H24N2O2. The van der Waals surface area contributed by atoms with Crippen LogP contribution in [-0.2, 0) is 4.74 Å². The molecule has 0 atom stereocenters. The Hall–Kier alpha value is -0.770. The number of rotatable bonds is 3. The lowest BCUT2D eigenvalue weighted by atomic mass is 9.98. The molecule has 0 aromatic heterocycles. The first-order valence-corrected chi connectivity index (χ1v) is 6.18. The zero-order valence-electron chi connectivity index (χ0n) is 11.0. The monoisotopic (exact) mass is 228 g/mol. The lowest BCUT2D eigenvalue weighted by Gasteiger charge is -2.43. The molecule has 1 heterocycles. The average Bonchev–Trinajstić information content (AvgIpc) is 2.29. The number of carbonyl (C=O) groups excluding carboxylic acids is 1. The fraction of sp³-hybridized carbons (Fsp3) is 0.917. The number of hydrogen-bond donors (Lipinski definition) is 0. The molecule has 1 rings (SSSR count). The summed E-state index contributed by atoms with van der Waals surface area (Å²) in [5, 5.41) is 0. The normalized spacial score (nSPS) is 18.6. The van der Waals surface area contributed by atoms with Gasteiger partial charge in [-0.2, -0.15) is 0 Å². The summed E-state index contributed by atoms with van der Waals surface area (Å²) >= 11 is 0. The van der Waals surface area contributed by atoms with Crippen LogP contribution in [0.15, 0.2) is 0 Å². The maximum absolute atomic E-state index is 11.5. The molecule has 0 bridgehead atoms. The van der Waals surface area contributed by atoms with Crippen LogP contribution in [0.1, 0.15) is 34.1 Å². The van der Waals surface area contributed by atoms with E-state index < -0.39 is 0 Å². The molecule has 0 aromatic rings. The second-order valence-electron chi connectivity index (χ2n) is 4.84. The molecule has 0 spiro atoms. The van der Waals surface area contributed by atoms with Crippen LogP contribution in [0, 0.1) is 0 Å². The van der Waals surface area contributed by atoms with Crippen molar-refractivity contribution in [1.82, 2.24) is 9.80 Å². The van der Waals surface area contributed by atoms with Crippen molar-refractivity contribution in [2.24, 2.45) is 0 Å². The molecule has 4 nitrogen and oxygen atoms in total. The van der Waals surface area contributed by atoms with Crippen molar-refractivity contribution in [3.05, 3.63) is 0 Å². The van der Waals surface area contributed by atoms with Gasteiger partial charge in [-0.15, -0.1) is 0 Å². The topological polar surface area (TPSA) is 32.8 Å². The standard InChI is InChI=1S/C12H24N2O2/c1-5-12(3,4)14-9-7-13(8-10-14)11(15)16-6-2/h5-10H2,1-4H3. The van der Waals surface area contributed by atoms with Crippen LogP contribution in [0.3, 0.4) is 0 Å². The quantitative estimate of drug-likeness (QED) is 0.740. The Labute approximate surface area is 98.5 Å². The molecule has 1 saturated heterocycles. The van der Waals surface area contributed by atoms with Gasteiger partial charge in [-0.3, -0.25) is 4.90 Å². The molecule has 0 radical (unpaired) electrons. The highest BCUT2D eigenvalue weighted by Crippen LogP contribution is 2.20. The van der Waals surface area contributed by atoms with Crippen molar-refractivity contribution >= 4 is 6.09 Å². The predicted octanol–water partition coefficient (Wildman–Crippen LogP) is 1.95. The van der Waals surface area contributed by atoms with Crippen LogP contribution in [0.4, 0.5) is 4.79 Å². The molecule has 4 heteroatoms. The van der Waals surface area contributed by atoms with Crippen molar-refractivity contribution in [2.75, 3.05) is 32.8 Å². The molecule has 0 aliphatic carbocycles. The maximum Gasteiger partial charge on any atom is 0.409 e. The van der Waals surface area contributed by atoms with Crippen LogP contribution >= 0.6 is 0 Å². The molecule has 0 N–H and O–H groups in total. The highest BCUT2D eigenvalue weighted by Gasteiger charge is 2.30. The number of carbonyl (C=O) groups is 1. The first kappa shape index (κ1) is 13.3. The highest BCUT2D eigenvalue weighted by molar-refractivity contribution is 5.67. The Kier molecular flexibility index (Phi) is 4.59. The van der Waals surface area contributed by atoms with Crippen molar-refractivity contribution in [3.8, 4) is 0 Å². The summed E-state index contributed by atoms with van der Waals surface area (Å²) in [6.07, 6.45) is 0.961. The minimum atomic E-state index is -0.170. The molecule has 0 saturated carbocycles. The van der Waals surface area contributed by atoms with Crippen LogP contribution < -0.4 is 0 Å². The van der Waals surface area contributed by atoms with E-state index in [0.717, 1.165) is 32.6 Å². The third kappa shape index (κ3) is 3.11. The van der Waals surface area contributed by atoms with Gasteiger partial charge in [0.25, 0.3) is 0 Å². The predicted molar refractivity (Wildman–Crippen MR) is 64.5 cm³/mol. The van der Waals surface area contributed by atoms with E-state index in [2.05, 4.69) is 25.7 Å².